The minimum Gasteiger partial charge on any atom is -0.394 e. The highest BCUT2D eigenvalue weighted by Crippen LogP contribution is 1.85. The van der Waals surface area contributed by atoms with Crippen molar-refractivity contribution in [2.45, 2.75) is 6.10 Å². The van der Waals surface area contributed by atoms with Crippen LogP contribution in [0.4, 0.5) is 0 Å². The van der Waals surface area contributed by atoms with Gasteiger partial charge in [-0.3, -0.25) is 4.90 Å². The molecule has 0 aliphatic carbocycles. The molecule has 10 heavy (non-hydrogen) atoms. The molecule has 0 saturated heterocycles. The second kappa shape index (κ2) is 5.18. The van der Waals surface area contributed by atoms with Gasteiger partial charge in [-0.05, 0) is 7.05 Å². The molecule has 0 fully saturated rings. The van der Waals surface area contributed by atoms with E-state index in [1.54, 1.807) is 11.9 Å². The van der Waals surface area contributed by atoms with Crippen molar-refractivity contribution in [3.63, 3.8) is 0 Å². The summed E-state index contributed by atoms with van der Waals surface area (Å²) in [6.45, 7) is 0.358. The van der Waals surface area contributed by atoms with Crippen molar-refractivity contribution in [2.24, 2.45) is 0 Å². The zero-order valence-corrected chi connectivity index (χ0v) is 5.99. The Morgan fingerprint density at radius 3 is 2.70 bits per heavy atom. The Morgan fingerprint density at radius 1 is 1.70 bits per heavy atom. The minimum absolute atomic E-state index is 0.254. The van der Waals surface area contributed by atoms with Gasteiger partial charge in [-0.25, -0.2) is 0 Å². The van der Waals surface area contributed by atoms with Crippen molar-refractivity contribution < 1.29 is 10.2 Å². The molecule has 0 aromatic rings. The van der Waals surface area contributed by atoms with Gasteiger partial charge in [0.2, 0.25) is 0 Å². The van der Waals surface area contributed by atoms with Gasteiger partial charge in [0.05, 0.1) is 25.3 Å². The summed E-state index contributed by atoms with van der Waals surface area (Å²) in [5, 5.41) is 25.4. The monoisotopic (exact) mass is 144 g/mol. The first-order valence-electron chi connectivity index (χ1n) is 3.05. The van der Waals surface area contributed by atoms with Crippen LogP contribution in [0.2, 0.25) is 0 Å². The summed E-state index contributed by atoms with van der Waals surface area (Å²) >= 11 is 0. The number of hydrogen-bond donors (Lipinski definition) is 2. The SMILES string of the molecule is CN(CC#N)CC(O)CO. The molecule has 0 aliphatic rings. The van der Waals surface area contributed by atoms with Crippen molar-refractivity contribution in [3.8, 4) is 6.07 Å². The fraction of sp³-hybridized carbons (Fsp3) is 0.833. The van der Waals surface area contributed by atoms with Crippen LogP contribution in [0.25, 0.3) is 0 Å². The Labute approximate surface area is 60.3 Å². The average Bonchev–Trinajstić information content (AvgIpc) is 1.88. The first-order chi connectivity index (χ1) is 4.70. The zero-order chi connectivity index (χ0) is 7.98. The van der Waals surface area contributed by atoms with E-state index in [4.69, 9.17) is 15.5 Å². The van der Waals surface area contributed by atoms with E-state index in [9.17, 15) is 0 Å². The molecule has 58 valence electrons. The van der Waals surface area contributed by atoms with E-state index in [1.807, 2.05) is 6.07 Å². The molecule has 2 N–H and O–H groups in total. The third-order valence-electron chi connectivity index (χ3n) is 1.07. The van der Waals surface area contributed by atoms with Crippen LogP contribution in [-0.4, -0.2) is 48.0 Å². The molecular formula is C6H12N2O2. The fourth-order valence-corrected chi connectivity index (χ4v) is 0.603. The van der Waals surface area contributed by atoms with Crippen LogP contribution in [0.15, 0.2) is 0 Å². The second-order valence-corrected chi connectivity index (χ2v) is 2.19. The van der Waals surface area contributed by atoms with Crippen LogP contribution in [-0.2, 0) is 0 Å². The largest absolute Gasteiger partial charge is 0.394 e. The van der Waals surface area contributed by atoms with Gasteiger partial charge >= 0.3 is 0 Å². The Balaban J connectivity index is 3.38. The summed E-state index contributed by atoms with van der Waals surface area (Å²) in [7, 11) is 1.71. The first kappa shape index (κ1) is 9.37. The van der Waals surface area contributed by atoms with Gasteiger partial charge in [0.1, 0.15) is 0 Å². The lowest BCUT2D eigenvalue weighted by Crippen LogP contribution is -2.31. The first-order valence-corrected chi connectivity index (χ1v) is 3.05. The molecule has 0 amide bonds. The lowest BCUT2D eigenvalue weighted by molar-refractivity contribution is 0.0698. The molecule has 0 bridgehead atoms. The molecule has 0 aliphatic heterocycles. The fourth-order valence-electron chi connectivity index (χ4n) is 0.603. The van der Waals surface area contributed by atoms with Crippen LogP contribution >= 0.6 is 0 Å². The van der Waals surface area contributed by atoms with Crippen molar-refractivity contribution in [3.05, 3.63) is 0 Å². The lowest BCUT2D eigenvalue weighted by atomic mass is 10.3. The molecule has 0 aromatic heterocycles. The van der Waals surface area contributed by atoms with E-state index in [1.165, 1.54) is 0 Å². The second-order valence-electron chi connectivity index (χ2n) is 2.19. The Kier molecular flexibility index (Phi) is 4.85. The average molecular weight is 144 g/mol. The molecule has 0 radical (unpaired) electrons. The van der Waals surface area contributed by atoms with Crippen molar-refractivity contribution in [1.82, 2.24) is 4.90 Å². The third-order valence-corrected chi connectivity index (χ3v) is 1.07. The number of hydrogen-bond acceptors (Lipinski definition) is 4. The van der Waals surface area contributed by atoms with Crippen molar-refractivity contribution >= 4 is 0 Å². The van der Waals surface area contributed by atoms with Crippen LogP contribution in [0.3, 0.4) is 0 Å². The predicted octanol–water partition coefficient (Wildman–Crippen LogP) is -1.21. The number of nitrogens with zero attached hydrogens (tertiary/aromatic N) is 2. The van der Waals surface area contributed by atoms with Crippen molar-refractivity contribution in [1.29, 1.82) is 5.26 Å². The number of aliphatic hydroxyl groups excluding tert-OH is 2. The maximum absolute atomic E-state index is 8.85. The van der Waals surface area contributed by atoms with Crippen molar-refractivity contribution in [2.75, 3.05) is 26.7 Å². The molecule has 4 heteroatoms. The molecule has 0 spiro atoms. The minimum atomic E-state index is -0.738. The van der Waals surface area contributed by atoms with Gasteiger partial charge in [0, 0.05) is 6.54 Å². The maximum Gasteiger partial charge on any atom is 0.0897 e. The molecule has 0 heterocycles. The molecule has 0 rings (SSSR count). The van der Waals surface area contributed by atoms with Crippen LogP contribution in [0.1, 0.15) is 0 Å². The molecule has 1 atom stereocenters. The molecule has 0 aromatic carbocycles. The summed E-state index contributed by atoms with van der Waals surface area (Å²) < 4.78 is 0. The standard InChI is InChI=1S/C6H12N2O2/c1-8(3-2-7)4-6(10)5-9/h6,9-10H,3-5H2,1H3. The lowest BCUT2D eigenvalue weighted by Gasteiger charge is -2.14. The van der Waals surface area contributed by atoms with Gasteiger partial charge in [0.15, 0.2) is 0 Å². The van der Waals surface area contributed by atoms with Gasteiger partial charge in [-0.2, -0.15) is 5.26 Å². The van der Waals surface area contributed by atoms with E-state index < -0.39 is 6.10 Å². The quantitative estimate of drug-likeness (QED) is 0.486. The number of rotatable bonds is 4. The van der Waals surface area contributed by atoms with Gasteiger partial charge in [-0.15, -0.1) is 0 Å². The molecule has 0 saturated carbocycles. The van der Waals surface area contributed by atoms with E-state index in [0.717, 1.165) is 0 Å². The number of likely N-dealkylation sites (N-methyl/N-ethyl adjacent to an activating group) is 1. The molecule has 1 unspecified atom stereocenters. The van der Waals surface area contributed by atoms with E-state index in [0.29, 0.717) is 6.54 Å². The topological polar surface area (TPSA) is 67.5 Å². The number of aliphatic hydroxyl groups is 2. The maximum atomic E-state index is 8.85. The van der Waals surface area contributed by atoms with Gasteiger partial charge in [-0.1, -0.05) is 0 Å². The van der Waals surface area contributed by atoms with Crippen LogP contribution < -0.4 is 0 Å². The highest BCUT2D eigenvalue weighted by Gasteiger charge is 2.04. The highest BCUT2D eigenvalue weighted by molar-refractivity contribution is 4.75. The predicted molar refractivity (Wildman–Crippen MR) is 36.2 cm³/mol. The van der Waals surface area contributed by atoms with E-state index >= 15 is 0 Å². The summed E-state index contributed by atoms with van der Waals surface area (Å²) in [6.07, 6.45) is -0.738. The summed E-state index contributed by atoms with van der Waals surface area (Å²) in [4.78, 5) is 1.64. The normalized spacial score (nSPS) is 13.1. The van der Waals surface area contributed by atoms with Crippen LogP contribution in [0, 0.1) is 11.3 Å². The highest BCUT2D eigenvalue weighted by atomic mass is 16.3. The zero-order valence-electron chi connectivity index (χ0n) is 5.99. The van der Waals surface area contributed by atoms with Crippen LogP contribution in [0.5, 0.6) is 0 Å². The summed E-state index contributed by atoms with van der Waals surface area (Å²) in [6, 6.07) is 1.93. The Hall–Kier alpha value is -0.630. The third kappa shape index (κ3) is 4.27. The Bertz CT molecular complexity index is 121. The number of nitriles is 1. The summed E-state index contributed by atoms with van der Waals surface area (Å²) in [5.74, 6) is 0. The van der Waals surface area contributed by atoms with Gasteiger partial charge in [0.25, 0.3) is 0 Å². The Morgan fingerprint density at radius 2 is 2.30 bits per heavy atom. The molecule has 4 nitrogen and oxygen atoms in total. The van der Waals surface area contributed by atoms with Gasteiger partial charge < -0.3 is 10.2 Å². The van der Waals surface area contributed by atoms with E-state index in [-0.39, 0.29) is 13.2 Å². The summed E-state index contributed by atoms with van der Waals surface area (Å²) in [5.41, 5.74) is 0. The smallest absolute Gasteiger partial charge is 0.0897 e. The van der Waals surface area contributed by atoms with E-state index in [2.05, 4.69) is 0 Å². The molecular weight excluding hydrogens is 132 g/mol.